The third-order valence-electron chi connectivity index (χ3n) is 11.2. The molecule has 10 nitrogen and oxygen atoms in total. The molecule has 0 unspecified atom stereocenters. The molecular weight excluding hydrogens is 721 g/mol. The zero-order valence-corrected chi connectivity index (χ0v) is 32.9. The van der Waals surface area contributed by atoms with Crippen molar-refractivity contribution in [3.05, 3.63) is 161 Å². The minimum Gasteiger partial charge on any atom is -0.482 e. The molecule has 0 atom stereocenters. The Kier molecular flexibility index (Phi) is 10.8. The fourth-order valence-electron chi connectivity index (χ4n) is 8.27. The van der Waals surface area contributed by atoms with Gasteiger partial charge in [0.05, 0.1) is 41.8 Å². The molecule has 0 saturated carbocycles. The van der Waals surface area contributed by atoms with Crippen LogP contribution in [0.1, 0.15) is 65.0 Å². The van der Waals surface area contributed by atoms with Crippen molar-refractivity contribution in [2.45, 2.75) is 71.1 Å². The number of aliphatic hydroxyl groups excluding tert-OH is 1. The predicted molar refractivity (Wildman–Crippen MR) is 231 cm³/mol. The van der Waals surface area contributed by atoms with Gasteiger partial charge in [-0.05, 0) is 80.7 Å². The van der Waals surface area contributed by atoms with Crippen LogP contribution in [0, 0.1) is 0 Å². The Bertz CT molecular complexity index is 2490. The Hall–Kier alpha value is -6.52. The lowest BCUT2D eigenvalue weighted by Gasteiger charge is -2.21. The Labute approximate surface area is 338 Å². The normalized spacial score (nSPS) is 13.3. The van der Waals surface area contributed by atoms with Crippen molar-refractivity contribution in [2.24, 2.45) is 0 Å². The van der Waals surface area contributed by atoms with Gasteiger partial charge in [0.1, 0.15) is 11.6 Å². The van der Waals surface area contributed by atoms with Gasteiger partial charge in [-0.15, -0.1) is 0 Å². The van der Waals surface area contributed by atoms with Crippen LogP contribution in [0.4, 0.5) is 11.6 Å². The van der Waals surface area contributed by atoms with Crippen LogP contribution in [-0.2, 0) is 45.4 Å². The number of hydrogen-bond donors (Lipinski definition) is 3. The molecular formula is C48H48N8O2. The van der Waals surface area contributed by atoms with E-state index in [1.54, 1.807) is 7.11 Å². The minimum atomic E-state index is -0.0537. The van der Waals surface area contributed by atoms with E-state index in [1.807, 2.05) is 63.7 Å². The van der Waals surface area contributed by atoms with E-state index in [9.17, 15) is 5.11 Å². The lowest BCUT2D eigenvalue weighted by molar-refractivity contribution is 0.274. The van der Waals surface area contributed by atoms with Crippen LogP contribution < -0.4 is 15.4 Å². The summed E-state index contributed by atoms with van der Waals surface area (Å²) in [6, 6.07) is 41.2. The Morgan fingerprint density at radius 3 is 1.55 bits per heavy atom. The summed E-state index contributed by atoms with van der Waals surface area (Å²) in [7, 11) is 1.69. The SMILES string of the molecule is COc1cc2ccccc2n1-c1nc2c(c(NCc3ccccc3)n1)CCCC2.OCc1cc2ccccc2n1-c1nc2c(c(NCc3ccccc3)n1)CCCC2. The standard InChI is InChI=1S/2C24H24N4O/c1-29-22-15-18-11-5-8-14-21(18)28(22)24-26-20-13-7-6-12-19(20)23(27-24)25-16-17-9-3-2-4-10-17;29-16-19-14-18-10-4-7-13-22(18)28(19)24-26-21-12-6-5-11-20(21)23(27-24)25-15-17-8-2-1-3-9-17/h2-5,8-11,14-15H,6-7,12-13,16H2,1H3,(H,25,26,27);1-4,7-10,13-14,29H,5-6,11-12,15-16H2,(H,25,26,27). The Balaban J connectivity index is 0.000000150. The highest BCUT2D eigenvalue weighted by Crippen LogP contribution is 2.33. The van der Waals surface area contributed by atoms with Crippen LogP contribution >= 0.6 is 0 Å². The molecule has 0 bridgehead atoms. The molecule has 0 radical (unpaired) electrons. The molecule has 0 amide bonds. The maximum atomic E-state index is 9.95. The summed E-state index contributed by atoms with van der Waals surface area (Å²) < 4.78 is 9.66. The molecule has 4 aromatic carbocycles. The number of methoxy groups -OCH3 is 1. The molecule has 0 saturated heterocycles. The second kappa shape index (κ2) is 16.9. The number of anilines is 2. The number of aryl methyl sites for hydroxylation is 2. The first-order valence-corrected chi connectivity index (χ1v) is 20.4. The lowest BCUT2D eigenvalue weighted by Crippen LogP contribution is -2.16. The van der Waals surface area contributed by atoms with Gasteiger partial charge in [-0.3, -0.25) is 4.57 Å². The number of aromatic nitrogens is 6. The topological polar surface area (TPSA) is 115 Å². The number of benzene rings is 4. The zero-order chi connectivity index (χ0) is 39.3. The maximum Gasteiger partial charge on any atom is 0.239 e. The number of nitrogens with one attached hydrogen (secondary N) is 2. The van der Waals surface area contributed by atoms with Gasteiger partial charge >= 0.3 is 0 Å². The first-order valence-electron chi connectivity index (χ1n) is 20.4. The van der Waals surface area contributed by atoms with Crippen LogP contribution in [0.25, 0.3) is 33.7 Å². The first kappa shape index (κ1) is 37.1. The van der Waals surface area contributed by atoms with E-state index in [2.05, 4.69) is 77.4 Å². The van der Waals surface area contributed by atoms with E-state index in [4.69, 9.17) is 24.7 Å². The highest BCUT2D eigenvalue weighted by molar-refractivity contribution is 5.84. The Morgan fingerprint density at radius 2 is 1.02 bits per heavy atom. The molecule has 0 aliphatic heterocycles. The van der Waals surface area contributed by atoms with Crippen molar-refractivity contribution >= 4 is 33.4 Å². The van der Waals surface area contributed by atoms with Crippen LogP contribution in [0.5, 0.6) is 5.88 Å². The van der Waals surface area contributed by atoms with E-state index >= 15 is 0 Å². The van der Waals surface area contributed by atoms with Crippen LogP contribution in [0.2, 0.25) is 0 Å². The molecule has 4 heterocycles. The molecule has 58 heavy (non-hydrogen) atoms. The van der Waals surface area contributed by atoms with Gasteiger partial charge in [-0.25, -0.2) is 14.5 Å². The molecule has 2 aliphatic carbocycles. The highest BCUT2D eigenvalue weighted by atomic mass is 16.5. The predicted octanol–water partition coefficient (Wildman–Crippen LogP) is 9.32. The molecule has 0 spiro atoms. The smallest absolute Gasteiger partial charge is 0.239 e. The van der Waals surface area contributed by atoms with Crippen molar-refractivity contribution < 1.29 is 9.84 Å². The summed E-state index contributed by atoms with van der Waals surface area (Å²) in [6.07, 6.45) is 8.68. The second-order valence-corrected chi connectivity index (χ2v) is 15.0. The summed E-state index contributed by atoms with van der Waals surface area (Å²) in [5, 5.41) is 19.3. The fraction of sp³-hybridized carbons (Fsp3) is 0.250. The van der Waals surface area contributed by atoms with Crippen molar-refractivity contribution in [1.29, 1.82) is 0 Å². The van der Waals surface area contributed by atoms with Gasteiger partial charge in [0.2, 0.25) is 17.8 Å². The van der Waals surface area contributed by atoms with Gasteiger partial charge in [0, 0.05) is 41.1 Å². The lowest BCUT2D eigenvalue weighted by atomic mass is 9.96. The largest absolute Gasteiger partial charge is 0.482 e. The molecule has 10 rings (SSSR count). The van der Waals surface area contributed by atoms with Crippen LogP contribution in [0.15, 0.2) is 121 Å². The molecule has 3 N–H and O–H groups in total. The maximum absolute atomic E-state index is 9.95. The molecule has 0 fully saturated rings. The number of fused-ring (bicyclic) bond motifs is 4. The molecule has 10 heteroatoms. The average Bonchev–Trinajstić information content (AvgIpc) is 3.87. The number of para-hydroxylation sites is 2. The van der Waals surface area contributed by atoms with E-state index in [0.29, 0.717) is 11.9 Å². The third kappa shape index (κ3) is 7.63. The van der Waals surface area contributed by atoms with Gasteiger partial charge < -0.3 is 20.5 Å². The number of ether oxygens (including phenoxy) is 1. The monoisotopic (exact) mass is 768 g/mol. The van der Waals surface area contributed by atoms with E-state index in [-0.39, 0.29) is 6.61 Å². The average molecular weight is 769 g/mol. The summed E-state index contributed by atoms with van der Waals surface area (Å²) >= 11 is 0. The van der Waals surface area contributed by atoms with Gasteiger partial charge in [-0.2, -0.15) is 9.97 Å². The van der Waals surface area contributed by atoms with E-state index in [1.165, 1.54) is 41.5 Å². The Morgan fingerprint density at radius 1 is 0.552 bits per heavy atom. The van der Waals surface area contributed by atoms with Gasteiger partial charge in [-0.1, -0.05) is 97.1 Å². The molecule has 8 aromatic rings. The zero-order valence-electron chi connectivity index (χ0n) is 32.9. The summed E-state index contributed by atoms with van der Waals surface area (Å²) in [4.78, 5) is 19.8. The van der Waals surface area contributed by atoms with Gasteiger partial charge in [0.25, 0.3) is 0 Å². The van der Waals surface area contributed by atoms with Crippen LogP contribution in [0.3, 0.4) is 0 Å². The second-order valence-electron chi connectivity index (χ2n) is 15.0. The summed E-state index contributed by atoms with van der Waals surface area (Å²) in [5.74, 6) is 3.89. The van der Waals surface area contributed by atoms with Crippen molar-refractivity contribution in [3.63, 3.8) is 0 Å². The summed E-state index contributed by atoms with van der Waals surface area (Å²) in [5.41, 5.74) is 10.1. The van der Waals surface area contributed by atoms with Crippen LogP contribution in [-0.4, -0.2) is 41.3 Å². The number of aliphatic hydroxyl groups is 1. The highest BCUT2D eigenvalue weighted by Gasteiger charge is 2.23. The van der Waals surface area contributed by atoms with Crippen molar-refractivity contribution in [1.82, 2.24) is 29.1 Å². The van der Waals surface area contributed by atoms with Crippen molar-refractivity contribution in [2.75, 3.05) is 17.7 Å². The molecule has 292 valence electrons. The fourth-order valence-corrected chi connectivity index (χ4v) is 8.27. The van der Waals surface area contributed by atoms with E-state index < -0.39 is 0 Å². The van der Waals surface area contributed by atoms with E-state index in [0.717, 1.165) is 102 Å². The number of rotatable bonds is 10. The third-order valence-corrected chi connectivity index (χ3v) is 11.2. The number of nitrogens with zero attached hydrogens (tertiary/aromatic N) is 6. The first-order chi connectivity index (χ1) is 28.7. The van der Waals surface area contributed by atoms with Crippen molar-refractivity contribution in [3.8, 4) is 17.8 Å². The quantitative estimate of drug-likeness (QED) is 0.126. The van der Waals surface area contributed by atoms with Gasteiger partial charge in [0.15, 0.2) is 0 Å². The minimum absolute atomic E-state index is 0.0537. The summed E-state index contributed by atoms with van der Waals surface area (Å²) in [6.45, 7) is 1.41. The molecule has 2 aliphatic rings. The number of hydrogen-bond acceptors (Lipinski definition) is 8. The molecule has 4 aromatic heterocycles.